The van der Waals surface area contributed by atoms with Gasteiger partial charge in [0.05, 0.1) is 21.7 Å². The van der Waals surface area contributed by atoms with Crippen molar-refractivity contribution in [1.29, 1.82) is 0 Å². The lowest BCUT2D eigenvalue weighted by molar-refractivity contribution is 0.551. The van der Waals surface area contributed by atoms with E-state index in [2.05, 4.69) is 0 Å². The maximum absolute atomic E-state index is 14.2. The van der Waals surface area contributed by atoms with Crippen LogP contribution in [0.5, 0.6) is 0 Å². The average Bonchev–Trinajstić information content (AvgIpc) is 2.98. The summed E-state index contributed by atoms with van der Waals surface area (Å²) >= 11 is 0. The quantitative estimate of drug-likeness (QED) is 0.227. The van der Waals surface area contributed by atoms with Gasteiger partial charge in [0, 0.05) is 17.5 Å². The van der Waals surface area contributed by atoms with Gasteiger partial charge in [0.15, 0.2) is 0 Å². The minimum atomic E-state index is -0.123. The molecule has 7 aromatic rings. The van der Waals surface area contributed by atoms with Crippen LogP contribution < -0.4 is 10.9 Å². The van der Waals surface area contributed by atoms with Gasteiger partial charge in [0.25, 0.3) is 0 Å². The van der Waals surface area contributed by atoms with Gasteiger partial charge in [-0.25, -0.2) is 0 Å². The zero-order valence-corrected chi connectivity index (χ0v) is 20.9. The second-order valence-electron chi connectivity index (χ2n) is 9.55. The fourth-order valence-electron chi connectivity index (χ4n) is 5.33. The fourth-order valence-corrected chi connectivity index (χ4v) is 5.33. The molecule has 0 atom stereocenters. The number of fused-ring (bicyclic) bond motifs is 3. The Morgan fingerprint density at radius 3 is 1.79 bits per heavy atom. The maximum Gasteiger partial charge on any atom is 0.200 e. The molecular formula is C35H22O4. The third-order valence-electron chi connectivity index (χ3n) is 7.16. The molecule has 0 bridgehead atoms. The van der Waals surface area contributed by atoms with E-state index in [0.29, 0.717) is 61.8 Å². The normalized spacial score (nSPS) is 11.4. The van der Waals surface area contributed by atoms with Crippen molar-refractivity contribution in [2.24, 2.45) is 0 Å². The molecule has 0 N–H and O–H groups in total. The van der Waals surface area contributed by atoms with Crippen molar-refractivity contribution in [2.75, 3.05) is 0 Å². The van der Waals surface area contributed by atoms with Crippen LogP contribution in [-0.2, 0) is 6.42 Å². The Morgan fingerprint density at radius 2 is 1.08 bits per heavy atom. The van der Waals surface area contributed by atoms with Gasteiger partial charge >= 0.3 is 0 Å². The summed E-state index contributed by atoms with van der Waals surface area (Å²) < 4.78 is 12.9. The first-order valence-electron chi connectivity index (χ1n) is 12.8. The SMILES string of the molecule is O=c1c(-c2ccc3c(=O)c4ccccc4oc3c2-c2ccccc2)c(Cc2ccccc2)oc2ccccc12. The summed E-state index contributed by atoms with van der Waals surface area (Å²) in [5.74, 6) is 0.560. The van der Waals surface area contributed by atoms with E-state index in [1.54, 1.807) is 24.3 Å². The molecule has 0 radical (unpaired) electrons. The maximum atomic E-state index is 14.2. The number of hydrogen-bond donors (Lipinski definition) is 0. The van der Waals surface area contributed by atoms with Crippen LogP contribution in [0.15, 0.2) is 140 Å². The number of hydrogen-bond acceptors (Lipinski definition) is 4. The van der Waals surface area contributed by atoms with Gasteiger partial charge < -0.3 is 8.83 Å². The first-order valence-corrected chi connectivity index (χ1v) is 12.8. The molecule has 0 aliphatic carbocycles. The molecule has 0 aliphatic heterocycles. The van der Waals surface area contributed by atoms with Gasteiger partial charge in [0.1, 0.15) is 22.5 Å². The molecular weight excluding hydrogens is 484 g/mol. The third-order valence-corrected chi connectivity index (χ3v) is 7.16. The van der Waals surface area contributed by atoms with Gasteiger partial charge in [-0.1, -0.05) is 91.0 Å². The highest BCUT2D eigenvalue weighted by molar-refractivity contribution is 6.04. The highest BCUT2D eigenvalue weighted by Gasteiger charge is 2.23. The Hall–Kier alpha value is -5.22. The van der Waals surface area contributed by atoms with Crippen LogP contribution in [-0.4, -0.2) is 0 Å². The Labute approximate surface area is 223 Å². The first kappa shape index (κ1) is 22.9. The molecule has 0 aliphatic rings. The first-order chi connectivity index (χ1) is 19.2. The third kappa shape index (κ3) is 3.85. The molecule has 5 aromatic carbocycles. The van der Waals surface area contributed by atoms with Gasteiger partial charge in [-0.15, -0.1) is 0 Å². The van der Waals surface area contributed by atoms with Crippen LogP contribution in [0.1, 0.15) is 11.3 Å². The van der Waals surface area contributed by atoms with E-state index in [0.717, 1.165) is 11.1 Å². The highest BCUT2D eigenvalue weighted by atomic mass is 16.3. The Kier molecular flexibility index (Phi) is 5.45. The lowest BCUT2D eigenvalue weighted by Crippen LogP contribution is -2.11. The molecule has 0 saturated heterocycles. The lowest BCUT2D eigenvalue weighted by Gasteiger charge is -2.16. The molecule has 4 nitrogen and oxygen atoms in total. The van der Waals surface area contributed by atoms with Crippen LogP contribution in [0.25, 0.3) is 55.2 Å². The average molecular weight is 507 g/mol. The summed E-state index contributed by atoms with van der Waals surface area (Å²) in [7, 11) is 0. The minimum Gasteiger partial charge on any atom is -0.460 e. The van der Waals surface area contributed by atoms with Gasteiger partial charge in [0.2, 0.25) is 10.9 Å². The summed E-state index contributed by atoms with van der Waals surface area (Å²) in [6.07, 6.45) is 0.435. The summed E-state index contributed by atoms with van der Waals surface area (Å²) in [5, 5.41) is 1.49. The van der Waals surface area contributed by atoms with E-state index in [1.165, 1.54) is 0 Å². The van der Waals surface area contributed by atoms with E-state index in [1.807, 2.05) is 97.1 Å². The molecule has 0 fully saturated rings. The minimum absolute atomic E-state index is 0.106. The van der Waals surface area contributed by atoms with E-state index < -0.39 is 0 Å². The van der Waals surface area contributed by atoms with Gasteiger partial charge in [-0.05, 0) is 41.5 Å². The van der Waals surface area contributed by atoms with Crippen LogP contribution in [0.2, 0.25) is 0 Å². The van der Waals surface area contributed by atoms with Crippen LogP contribution in [0.3, 0.4) is 0 Å². The standard InChI is InChI=1S/C35H22O4/c36-33-24-15-7-10-18-29(24)39-35-27(33)20-19-26(31(35)23-13-5-2-6-14-23)32-30(21-22-11-3-1-4-12-22)38-28-17-9-8-16-25(28)34(32)37/h1-20H,21H2. The monoisotopic (exact) mass is 506 g/mol. The topological polar surface area (TPSA) is 60.4 Å². The predicted molar refractivity (Wildman–Crippen MR) is 156 cm³/mol. The van der Waals surface area contributed by atoms with E-state index >= 15 is 0 Å². The Morgan fingerprint density at radius 1 is 0.487 bits per heavy atom. The Bertz CT molecular complexity index is 2120. The Balaban J connectivity index is 1.63. The molecule has 39 heavy (non-hydrogen) atoms. The zero-order chi connectivity index (χ0) is 26.3. The van der Waals surface area contributed by atoms with E-state index in [4.69, 9.17) is 8.83 Å². The summed E-state index contributed by atoms with van der Waals surface area (Å²) in [4.78, 5) is 27.7. The highest BCUT2D eigenvalue weighted by Crippen LogP contribution is 2.39. The van der Waals surface area contributed by atoms with Gasteiger partial charge in [-0.2, -0.15) is 0 Å². The molecule has 186 valence electrons. The van der Waals surface area contributed by atoms with Gasteiger partial charge in [-0.3, -0.25) is 9.59 Å². The summed E-state index contributed by atoms with van der Waals surface area (Å²) in [5.41, 5.74) is 4.94. The number of rotatable bonds is 4. The smallest absolute Gasteiger partial charge is 0.200 e. The van der Waals surface area contributed by atoms with Crippen molar-refractivity contribution in [3.63, 3.8) is 0 Å². The number of benzene rings is 5. The van der Waals surface area contributed by atoms with Crippen molar-refractivity contribution in [3.8, 4) is 22.3 Å². The predicted octanol–water partition coefficient (Wildman–Crippen LogP) is 7.98. The molecule has 7 rings (SSSR count). The van der Waals surface area contributed by atoms with Crippen molar-refractivity contribution < 1.29 is 8.83 Å². The molecule has 0 amide bonds. The molecule has 2 aromatic heterocycles. The van der Waals surface area contributed by atoms with E-state index in [9.17, 15) is 9.59 Å². The van der Waals surface area contributed by atoms with E-state index in [-0.39, 0.29) is 10.9 Å². The summed E-state index contributed by atoms with van der Waals surface area (Å²) in [6.45, 7) is 0. The molecule has 0 spiro atoms. The second-order valence-corrected chi connectivity index (χ2v) is 9.55. The molecule has 0 saturated carbocycles. The van der Waals surface area contributed by atoms with Crippen molar-refractivity contribution in [3.05, 3.63) is 153 Å². The molecule has 0 unspecified atom stereocenters. The largest absolute Gasteiger partial charge is 0.460 e. The summed E-state index contributed by atoms with van der Waals surface area (Å²) in [6, 6.07) is 37.8. The molecule has 4 heteroatoms. The number of para-hydroxylation sites is 2. The second kappa shape index (κ2) is 9.26. The van der Waals surface area contributed by atoms with Crippen molar-refractivity contribution in [1.82, 2.24) is 0 Å². The fraction of sp³-hybridized carbons (Fsp3) is 0.0286. The zero-order valence-electron chi connectivity index (χ0n) is 20.9. The lowest BCUT2D eigenvalue weighted by atomic mass is 9.90. The van der Waals surface area contributed by atoms with Crippen LogP contribution >= 0.6 is 0 Å². The van der Waals surface area contributed by atoms with Crippen LogP contribution in [0.4, 0.5) is 0 Å². The molecule has 2 heterocycles. The van der Waals surface area contributed by atoms with Crippen molar-refractivity contribution >= 4 is 32.9 Å². The van der Waals surface area contributed by atoms with Crippen molar-refractivity contribution in [2.45, 2.75) is 6.42 Å². The van der Waals surface area contributed by atoms with Crippen LogP contribution in [0, 0.1) is 0 Å².